The first-order valence-corrected chi connectivity index (χ1v) is 12.3. The van der Waals surface area contributed by atoms with Crippen LogP contribution in [-0.2, 0) is 10.3 Å². The molecular weight excluding hydrogens is 456 g/mol. The number of fused-ring (bicyclic) bond motifs is 4. The Bertz CT molecular complexity index is 1240. The summed E-state index contributed by atoms with van der Waals surface area (Å²) in [7, 11) is 7.22. The second kappa shape index (κ2) is 9.78. The molecule has 190 valence electrons. The second-order valence-corrected chi connectivity index (χ2v) is 9.56. The van der Waals surface area contributed by atoms with Crippen molar-refractivity contribution in [3.8, 4) is 17.2 Å². The average Bonchev–Trinajstić information content (AvgIpc) is 3.40. The van der Waals surface area contributed by atoms with Gasteiger partial charge in [0, 0.05) is 57.8 Å². The first-order chi connectivity index (χ1) is 17.5. The van der Waals surface area contributed by atoms with E-state index in [0.29, 0.717) is 31.9 Å². The van der Waals surface area contributed by atoms with Crippen LogP contribution in [0.25, 0.3) is 5.69 Å². The molecule has 1 spiro atoms. The highest BCUT2D eigenvalue weighted by Gasteiger charge is 2.42. The van der Waals surface area contributed by atoms with Crippen LogP contribution < -0.4 is 19.7 Å². The second-order valence-electron chi connectivity index (χ2n) is 9.56. The van der Waals surface area contributed by atoms with Crippen molar-refractivity contribution in [2.24, 2.45) is 0 Å². The molecule has 2 aliphatic rings. The van der Waals surface area contributed by atoms with Gasteiger partial charge < -0.3 is 33.9 Å². The zero-order chi connectivity index (χ0) is 25.3. The number of benzene rings is 2. The molecule has 0 unspecified atom stereocenters. The van der Waals surface area contributed by atoms with Crippen molar-refractivity contribution in [1.29, 1.82) is 0 Å². The Labute approximate surface area is 212 Å². The van der Waals surface area contributed by atoms with Crippen molar-refractivity contribution in [3.05, 3.63) is 66.0 Å². The van der Waals surface area contributed by atoms with Crippen LogP contribution in [0.5, 0.6) is 11.5 Å². The van der Waals surface area contributed by atoms with E-state index >= 15 is 0 Å². The fourth-order valence-corrected chi connectivity index (χ4v) is 5.29. The summed E-state index contributed by atoms with van der Waals surface area (Å²) in [6.07, 6.45) is 3.74. The molecule has 0 bridgehead atoms. The molecular formula is C28H34N4O4. The zero-order valence-electron chi connectivity index (χ0n) is 21.4. The third-order valence-corrected chi connectivity index (χ3v) is 7.21. The number of aromatic nitrogens is 1. The van der Waals surface area contributed by atoms with Crippen LogP contribution in [0.1, 0.15) is 28.9 Å². The summed E-state index contributed by atoms with van der Waals surface area (Å²) in [5.74, 6) is 1.62. The van der Waals surface area contributed by atoms with Crippen LogP contribution >= 0.6 is 0 Å². The minimum Gasteiger partial charge on any atom is -0.495 e. The van der Waals surface area contributed by atoms with Gasteiger partial charge in [0.15, 0.2) is 0 Å². The van der Waals surface area contributed by atoms with Crippen LogP contribution in [-0.4, -0.2) is 70.0 Å². The summed E-state index contributed by atoms with van der Waals surface area (Å²) >= 11 is 0. The molecule has 3 aromatic rings. The molecule has 8 nitrogen and oxygen atoms in total. The molecule has 0 radical (unpaired) electrons. The predicted octanol–water partition coefficient (Wildman–Crippen LogP) is 4.13. The summed E-state index contributed by atoms with van der Waals surface area (Å²) in [6.45, 7) is 2.39. The Morgan fingerprint density at radius 1 is 1.06 bits per heavy atom. The van der Waals surface area contributed by atoms with Crippen molar-refractivity contribution in [1.82, 2.24) is 9.47 Å². The number of carbonyl (C=O) groups excluding carboxylic acids is 1. The van der Waals surface area contributed by atoms with Crippen LogP contribution in [0, 0.1) is 0 Å². The highest BCUT2D eigenvalue weighted by molar-refractivity contribution is 5.96. The van der Waals surface area contributed by atoms with E-state index in [-0.39, 0.29) is 11.4 Å². The quantitative estimate of drug-likeness (QED) is 0.503. The van der Waals surface area contributed by atoms with Gasteiger partial charge in [-0.3, -0.25) is 4.79 Å². The standard InChI is InChI=1S/C28H34N4O4/c1-30(2)24-18-20(7-10-25(24)35-4)27(33)31-14-11-28(12-15-31)26-6-5-13-32(26)23-9-8-21(19-22(23)29-28)36-17-16-34-3/h5-10,13,18-19,29H,11-12,14-17H2,1-4H3. The molecule has 1 saturated heterocycles. The lowest BCUT2D eigenvalue weighted by molar-refractivity contribution is 0.0676. The summed E-state index contributed by atoms with van der Waals surface area (Å²) in [4.78, 5) is 17.3. The number of rotatable bonds is 7. The predicted molar refractivity (Wildman–Crippen MR) is 141 cm³/mol. The van der Waals surface area contributed by atoms with E-state index in [2.05, 4.69) is 40.3 Å². The molecule has 5 rings (SSSR count). The highest BCUT2D eigenvalue weighted by atomic mass is 16.5. The van der Waals surface area contributed by atoms with Crippen molar-refractivity contribution in [2.45, 2.75) is 18.4 Å². The lowest BCUT2D eigenvalue weighted by Gasteiger charge is -2.46. The smallest absolute Gasteiger partial charge is 0.253 e. The number of nitrogens with one attached hydrogen (secondary N) is 1. The fraction of sp³-hybridized carbons (Fsp3) is 0.393. The average molecular weight is 491 g/mol. The Kier molecular flexibility index (Phi) is 6.53. The number of hydrogen-bond acceptors (Lipinski definition) is 6. The lowest BCUT2D eigenvalue weighted by atomic mass is 9.82. The molecule has 0 saturated carbocycles. The summed E-state index contributed by atoms with van der Waals surface area (Å²) in [6, 6.07) is 16.1. The Hall–Kier alpha value is -3.65. The Morgan fingerprint density at radius 3 is 2.58 bits per heavy atom. The number of hydrogen-bond donors (Lipinski definition) is 1. The highest BCUT2D eigenvalue weighted by Crippen LogP contribution is 2.44. The maximum absolute atomic E-state index is 13.4. The van der Waals surface area contributed by atoms with Gasteiger partial charge in [-0.1, -0.05) is 0 Å². The van der Waals surface area contributed by atoms with Gasteiger partial charge >= 0.3 is 0 Å². The molecule has 3 heterocycles. The van der Waals surface area contributed by atoms with Gasteiger partial charge in [0.2, 0.25) is 0 Å². The summed E-state index contributed by atoms with van der Waals surface area (Å²) in [5.41, 5.74) is 4.70. The number of nitrogens with zero attached hydrogens (tertiary/aromatic N) is 3. The normalized spacial score (nSPS) is 15.6. The van der Waals surface area contributed by atoms with Gasteiger partial charge in [0.1, 0.15) is 18.1 Å². The van der Waals surface area contributed by atoms with E-state index in [1.54, 1.807) is 14.2 Å². The van der Waals surface area contributed by atoms with Crippen LogP contribution in [0.2, 0.25) is 0 Å². The van der Waals surface area contributed by atoms with E-state index in [9.17, 15) is 4.79 Å². The van der Waals surface area contributed by atoms with E-state index in [4.69, 9.17) is 14.2 Å². The molecule has 0 atom stereocenters. The van der Waals surface area contributed by atoms with Crippen molar-refractivity contribution in [2.75, 3.05) is 64.8 Å². The first kappa shape index (κ1) is 24.1. The van der Waals surface area contributed by atoms with Crippen LogP contribution in [0.4, 0.5) is 11.4 Å². The van der Waals surface area contributed by atoms with Crippen LogP contribution in [0.3, 0.4) is 0 Å². The van der Waals surface area contributed by atoms with Gasteiger partial charge in [-0.2, -0.15) is 0 Å². The van der Waals surface area contributed by atoms with Gasteiger partial charge in [-0.05, 0) is 55.3 Å². The lowest BCUT2D eigenvalue weighted by Crippen LogP contribution is -2.51. The number of piperidine rings is 1. The third-order valence-electron chi connectivity index (χ3n) is 7.21. The maximum atomic E-state index is 13.4. The molecule has 1 amide bonds. The largest absolute Gasteiger partial charge is 0.495 e. The molecule has 8 heteroatoms. The Balaban J connectivity index is 1.35. The number of carbonyl (C=O) groups is 1. The number of amides is 1. The molecule has 0 aliphatic carbocycles. The number of anilines is 2. The Morgan fingerprint density at radius 2 is 1.86 bits per heavy atom. The van der Waals surface area contributed by atoms with Crippen molar-refractivity contribution in [3.63, 3.8) is 0 Å². The summed E-state index contributed by atoms with van der Waals surface area (Å²) < 4.78 is 18.7. The van der Waals surface area contributed by atoms with Crippen molar-refractivity contribution < 1.29 is 19.0 Å². The van der Waals surface area contributed by atoms with E-state index in [1.165, 1.54) is 5.69 Å². The topological polar surface area (TPSA) is 68.2 Å². The van der Waals surface area contributed by atoms with E-state index in [1.807, 2.05) is 48.2 Å². The molecule has 1 aromatic heterocycles. The minimum absolute atomic E-state index is 0.0519. The molecule has 1 N–H and O–H groups in total. The van der Waals surface area contributed by atoms with E-state index < -0.39 is 0 Å². The van der Waals surface area contributed by atoms with Crippen LogP contribution in [0.15, 0.2) is 54.7 Å². The first-order valence-electron chi connectivity index (χ1n) is 12.3. The number of likely N-dealkylation sites (tertiary alicyclic amines) is 1. The van der Waals surface area contributed by atoms with Gasteiger partial charge in [0.25, 0.3) is 5.91 Å². The van der Waals surface area contributed by atoms with Gasteiger partial charge in [-0.25, -0.2) is 0 Å². The molecule has 36 heavy (non-hydrogen) atoms. The SMILES string of the molecule is COCCOc1ccc2c(c1)NC1(CCN(C(=O)c3ccc(OC)c(N(C)C)c3)CC1)c1cccn1-2. The monoisotopic (exact) mass is 490 g/mol. The molecule has 2 aromatic carbocycles. The van der Waals surface area contributed by atoms with E-state index in [0.717, 1.165) is 41.4 Å². The molecule has 2 aliphatic heterocycles. The fourth-order valence-electron chi connectivity index (χ4n) is 5.29. The van der Waals surface area contributed by atoms with Gasteiger partial charge in [-0.15, -0.1) is 0 Å². The third kappa shape index (κ3) is 4.26. The van der Waals surface area contributed by atoms with Crippen molar-refractivity contribution >= 4 is 17.3 Å². The number of ether oxygens (including phenoxy) is 3. The summed E-state index contributed by atoms with van der Waals surface area (Å²) in [5, 5.41) is 3.83. The number of methoxy groups -OCH3 is 2. The van der Waals surface area contributed by atoms with Gasteiger partial charge in [0.05, 0.1) is 36.3 Å². The zero-order valence-corrected chi connectivity index (χ0v) is 21.4. The maximum Gasteiger partial charge on any atom is 0.253 e. The minimum atomic E-state index is -0.243. The molecule has 1 fully saturated rings.